The first-order chi connectivity index (χ1) is 22.1. The van der Waals surface area contributed by atoms with Crippen LogP contribution in [-0.2, 0) is 32.6 Å². The summed E-state index contributed by atoms with van der Waals surface area (Å²) in [7, 11) is -4.33. The fourth-order valence-electron chi connectivity index (χ4n) is 5.64. The maximum atomic E-state index is 14.5. The zero-order valence-electron chi connectivity index (χ0n) is 25.0. The van der Waals surface area contributed by atoms with Gasteiger partial charge in [-0.1, -0.05) is 96.7 Å². The predicted octanol–water partition coefficient (Wildman–Crippen LogP) is 7.03. The molecular weight excluding hydrogens is 648 g/mol. The SMILES string of the molecule is O=C(NC1CCCC1)[C@H](Cc1ccccc1)N(Cc1cccc(Cl)c1)C(=O)CN(c1ccc(F)c(Cl)c1)S(=O)(=O)c1ccccc1. The molecule has 1 saturated carbocycles. The molecule has 0 saturated heterocycles. The molecule has 0 bridgehead atoms. The molecule has 1 fully saturated rings. The second-order valence-electron chi connectivity index (χ2n) is 11.3. The lowest BCUT2D eigenvalue weighted by Crippen LogP contribution is -2.54. The first kappa shape index (κ1) is 33.4. The van der Waals surface area contributed by atoms with Gasteiger partial charge in [-0.2, -0.15) is 0 Å². The van der Waals surface area contributed by atoms with E-state index in [0.29, 0.717) is 10.6 Å². The lowest BCUT2D eigenvalue weighted by molar-refractivity contribution is -0.140. The largest absolute Gasteiger partial charge is 0.352 e. The molecule has 0 aliphatic heterocycles. The Morgan fingerprint density at radius 3 is 2.15 bits per heavy atom. The molecule has 4 aromatic carbocycles. The van der Waals surface area contributed by atoms with E-state index in [1.807, 2.05) is 30.3 Å². The molecule has 0 aromatic heterocycles. The van der Waals surface area contributed by atoms with Crippen molar-refractivity contribution in [2.75, 3.05) is 10.8 Å². The highest BCUT2D eigenvalue weighted by molar-refractivity contribution is 7.92. The number of benzene rings is 4. The van der Waals surface area contributed by atoms with Crippen molar-refractivity contribution in [3.63, 3.8) is 0 Å². The van der Waals surface area contributed by atoms with Gasteiger partial charge in [-0.05, 0) is 66.4 Å². The lowest BCUT2D eigenvalue weighted by atomic mass is 10.0. The molecule has 1 aliphatic rings. The second-order valence-corrected chi connectivity index (χ2v) is 14.0. The van der Waals surface area contributed by atoms with Crippen LogP contribution in [-0.4, -0.2) is 43.8 Å². The maximum absolute atomic E-state index is 14.5. The van der Waals surface area contributed by atoms with Crippen LogP contribution in [0.15, 0.2) is 108 Å². The standard InChI is InChI=1S/C35H34Cl2FN3O4S/c36-27-13-9-12-26(20-27)23-40(33(21-25-10-3-1-4-11-25)35(43)39-28-14-7-8-15-28)34(42)24-41(29-18-19-32(38)31(37)22-29)46(44,45)30-16-5-2-6-17-30/h1-6,9-13,16-20,22,28,33H,7-8,14-15,21,23-24H2,(H,39,43)/t33-/m0/s1. The summed E-state index contributed by atoms with van der Waals surface area (Å²) in [6.45, 7) is -0.694. The van der Waals surface area contributed by atoms with E-state index in [9.17, 15) is 22.4 Å². The molecule has 4 aromatic rings. The fraction of sp³-hybridized carbons (Fsp3) is 0.257. The van der Waals surface area contributed by atoms with E-state index in [1.165, 1.54) is 29.2 Å². The van der Waals surface area contributed by atoms with Crippen LogP contribution < -0.4 is 9.62 Å². The van der Waals surface area contributed by atoms with Crippen molar-refractivity contribution in [1.29, 1.82) is 0 Å². The van der Waals surface area contributed by atoms with Gasteiger partial charge in [-0.15, -0.1) is 0 Å². The highest BCUT2D eigenvalue weighted by atomic mass is 35.5. The highest BCUT2D eigenvalue weighted by Gasteiger charge is 2.35. The maximum Gasteiger partial charge on any atom is 0.264 e. The summed E-state index contributed by atoms with van der Waals surface area (Å²) < 4.78 is 43.2. The van der Waals surface area contributed by atoms with Crippen molar-refractivity contribution >= 4 is 50.7 Å². The van der Waals surface area contributed by atoms with Crippen LogP contribution >= 0.6 is 23.2 Å². The Labute approximate surface area is 279 Å². The lowest BCUT2D eigenvalue weighted by Gasteiger charge is -2.34. The van der Waals surface area contributed by atoms with Crippen molar-refractivity contribution in [1.82, 2.24) is 10.2 Å². The van der Waals surface area contributed by atoms with Gasteiger partial charge in [0.25, 0.3) is 10.0 Å². The van der Waals surface area contributed by atoms with Crippen LogP contribution in [0.25, 0.3) is 0 Å². The van der Waals surface area contributed by atoms with Crippen LogP contribution in [0.5, 0.6) is 0 Å². The van der Waals surface area contributed by atoms with Gasteiger partial charge in [-0.25, -0.2) is 12.8 Å². The van der Waals surface area contributed by atoms with E-state index in [0.717, 1.165) is 41.6 Å². The first-order valence-electron chi connectivity index (χ1n) is 15.0. The smallest absolute Gasteiger partial charge is 0.264 e. The van der Waals surface area contributed by atoms with Crippen molar-refractivity contribution < 1.29 is 22.4 Å². The van der Waals surface area contributed by atoms with E-state index >= 15 is 0 Å². The number of carbonyl (C=O) groups excluding carboxylic acids is 2. The highest BCUT2D eigenvalue weighted by Crippen LogP contribution is 2.29. The van der Waals surface area contributed by atoms with Crippen molar-refractivity contribution in [2.24, 2.45) is 0 Å². The van der Waals surface area contributed by atoms with Crippen LogP contribution in [0.3, 0.4) is 0 Å². The van der Waals surface area contributed by atoms with Gasteiger partial charge in [0.05, 0.1) is 15.6 Å². The van der Waals surface area contributed by atoms with Crippen LogP contribution in [0.1, 0.15) is 36.8 Å². The predicted molar refractivity (Wildman–Crippen MR) is 179 cm³/mol. The number of rotatable bonds is 12. The Morgan fingerprint density at radius 1 is 0.848 bits per heavy atom. The topological polar surface area (TPSA) is 86.8 Å². The summed E-state index contributed by atoms with van der Waals surface area (Å²) in [5, 5.41) is 3.29. The number of hydrogen-bond acceptors (Lipinski definition) is 4. The molecular formula is C35H34Cl2FN3O4S. The van der Waals surface area contributed by atoms with E-state index in [4.69, 9.17) is 23.2 Å². The van der Waals surface area contributed by atoms with Gasteiger partial charge in [0.1, 0.15) is 18.4 Å². The number of hydrogen-bond donors (Lipinski definition) is 1. The molecule has 5 rings (SSSR count). The number of sulfonamides is 1. The third-order valence-electron chi connectivity index (χ3n) is 8.02. The van der Waals surface area contributed by atoms with Crippen molar-refractivity contribution in [3.8, 4) is 0 Å². The Hall–Kier alpha value is -3.92. The van der Waals surface area contributed by atoms with Gasteiger partial charge in [0, 0.05) is 24.0 Å². The summed E-state index contributed by atoms with van der Waals surface area (Å²) >= 11 is 12.4. The third-order valence-corrected chi connectivity index (χ3v) is 10.3. The summed E-state index contributed by atoms with van der Waals surface area (Å²) in [4.78, 5) is 29.9. The van der Waals surface area contributed by atoms with Gasteiger partial charge >= 0.3 is 0 Å². The molecule has 0 unspecified atom stereocenters. The molecule has 0 heterocycles. The monoisotopic (exact) mass is 681 g/mol. The summed E-state index contributed by atoms with van der Waals surface area (Å²) in [5.41, 5.74) is 1.49. The number of carbonyl (C=O) groups is 2. The van der Waals surface area contributed by atoms with E-state index in [-0.39, 0.29) is 40.5 Å². The molecule has 7 nitrogen and oxygen atoms in total. The summed E-state index contributed by atoms with van der Waals surface area (Å²) in [6.07, 6.45) is 3.90. The number of nitrogens with zero attached hydrogens (tertiary/aromatic N) is 2. The minimum atomic E-state index is -4.33. The van der Waals surface area contributed by atoms with Gasteiger partial charge in [-0.3, -0.25) is 13.9 Å². The molecule has 46 heavy (non-hydrogen) atoms. The molecule has 0 radical (unpaired) electrons. The average molecular weight is 683 g/mol. The Bertz CT molecular complexity index is 1770. The third kappa shape index (κ3) is 8.26. The minimum absolute atomic E-state index is 0.00123. The first-order valence-corrected chi connectivity index (χ1v) is 17.2. The minimum Gasteiger partial charge on any atom is -0.352 e. The number of nitrogens with one attached hydrogen (secondary N) is 1. The van der Waals surface area contributed by atoms with Crippen LogP contribution in [0.4, 0.5) is 10.1 Å². The molecule has 0 spiro atoms. The molecule has 1 atom stereocenters. The fourth-order valence-corrected chi connectivity index (χ4v) is 7.46. The van der Waals surface area contributed by atoms with Crippen molar-refractivity contribution in [3.05, 3.63) is 130 Å². The number of anilines is 1. The van der Waals surface area contributed by atoms with Crippen LogP contribution in [0, 0.1) is 5.82 Å². The molecule has 1 aliphatic carbocycles. The van der Waals surface area contributed by atoms with E-state index in [2.05, 4.69) is 5.32 Å². The number of amides is 2. The van der Waals surface area contributed by atoms with Gasteiger partial charge in [0.15, 0.2) is 0 Å². The Morgan fingerprint density at radius 2 is 1.50 bits per heavy atom. The average Bonchev–Trinajstić information content (AvgIpc) is 3.56. The molecule has 11 heteroatoms. The van der Waals surface area contributed by atoms with Crippen LogP contribution in [0.2, 0.25) is 10.0 Å². The quantitative estimate of drug-likeness (QED) is 0.174. The summed E-state index contributed by atoms with van der Waals surface area (Å²) in [6, 6.07) is 26.4. The van der Waals surface area contributed by atoms with Crippen molar-refractivity contribution in [2.45, 2.75) is 55.6 Å². The number of halogens is 3. The zero-order valence-corrected chi connectivity index (χ0v) is 27.3. The molecule has 1 N–H and O–H groups in total. The zero-order chi connectivity index (χ0) is 32.7. The molecule has 240 valence electrons. The van der Waals surface area contributed by atoms with E-state index < -0.39 is 34.3 Å². The van der Waals surface area contributed by atoms with Gasteiger partial charge in [0.2, 0.25) is 11.8 Å². The normalized spacial score (nSPS) is 14.1. The van der Waals surface area contributed by atoms with Gasteiger partial charge < -0.3 is 10.2 Å². The molecule has 2 amide bonds. The second kappa shape index (κ2) is 15.1. The Balaban J connectivity index is 1.57. The Kier molecular flexibility index (Phi) is 11.0. The summed E-state index contributed by atoms with van der Waals surface area (Å²) in [5.74, 6) is -1.70. The van der Waals surface area contributed by atoms with E-state index in [1.54, 1.807) is 42.5 Å².